The van der Waals surface area contributed by atoms with E-state index in [9.17, 15) is 5.11 Å². The molecule has 0 aromatic heterocycles. The van der Waals surface area contributed by atoms with Gasteiger partial charge in [0.2, 0.25) is 0 Å². The third-order valence-corrected chi connectivity index (χ3v) is 2.67. The van der Waals surface area contributed by atoms with Crippen molar-refractivity contribution in [2.24, 2.45) is 0 Å². The summed E-state index contributed by atoms with van der Waals surface area (Å²) in [5.74, 6) is 0. The molecule has 1 aromatic carbocycles. The Kier molecular flexibility index (Phi) is 5.46. The Morgan fingerprint density at radius 1 is 1.38 bits per heavy atom. The van der Waals surface area contributed by atoms with Gasteiger partial charge in [0.05, 0.1) is 12.7 Å². The van der Waals surface area contributed by atoms with Crippen molar-refractivity contribution >= 4 is 0 Å². The molecule has 0 radical (unpaired) electrons. The monoisotopic (exact) mass is 223 g/mol. The second-order valence-corrected chi connectivity index (χ2v) is 4.10. The van der Waals surface area contributed by atoms with Crippen molar-refractivity contribution in [3.8, 4) is 0 Å². The second kappa shape index (κ2) is 6.63. The minimum absolute atomic E-state index is 0.243. The molecule has 0 bridgehead atoms. The first kappa shape index (κ1) is 13.2. The number of benzene rings is 1. The smallest absolute Gasteiger partial charge is 0.0897 e. The SMILES string of the molecule is COCC(O)CN[C@@H](C)c1ccccc1C. The van der Waals surface area contributed by atoms with Gasteiger partial charge < -0.3 is 15.2 Å². The summed E-state index contributed by atoms with van der Waals surface area (Å²) < 4.78 is 4.88. The maximum absolute atomic E-state index is 9.53. The molecule has 1 aromatic rings. The maximum atomic E-state index is 9.53. The molecule has 2 atom stereocenters. The first-order valence-electron chi connectivity index (χ1n) is 5.61. The average molecular weight is 223 g/mol. The Morgan fingerprint density at radius 2 is 2.06 bits per heavy atom. The fraction of sp³-hybridized carbons (Fsp3) is 0.538. The first-order valence-corrected chi connectivity index (χ1v) is 5.61. The molecule has 0 aliphatic rings. The standard InChI is InChI=1S/C13H21NO2/c1-10-6-4-5-7-13(10)11(2)14-8-12(15)9-16-3/h4-7,11-12,14-15H,8-9H2,1-3H3/t11-,12?/m0/s1. The van der Waals surface area contributed by atoms with Crippen molar-refractivity contribution in [1.29, 1.82) is 0 Å². The van der Waals surface area contributed by atoms with Gasteiger partial charge in [0.25, 0.3) is 0 Å². The summed E-state index contributed by atoms with van der Waals surface area (Å²) in [6, 6.07) is 8.51. The Labute approximate surface area is 97.4 Å². The van der Waals surface area contributed by atoms with Crippen LogP contribution in [-0.4, -0.2) is 31.5 Å². The summed E-state index contributed by atoms with van der Waals surface area (Å²) in [5.41, 5.74) is 2.54. The quantitative estimate of drug-likeness (QED) is 0.770. The molecule has 1 rings (SSSR count). The topological polar surface area (TPSA) is 41.5 Å². The molecule has 0 heterocycles. The molecule has 1 unspecified atom stereocenters. The number of aliphatic hydroxyl groups excluding tert-OH is 1. The maximum Gasteiger partial charge on any atom is 0.0897 e. The number of nitrogens with one attached hydrogen (secondary N) is 1. The summed E-state index contributed by atoms with van der Waals surface area (Å²) in [6.07, 6.45) is -0.448. The van der Waals surface area contributed by atoms with E-state index in [1.54, 1.807) is 7.11 Å². The molecule has 0 aliphatic carbocycles. The molecule has 3 heteroatoms. The predicted octanol–water partition coefficient (Wildman–Crippen LogP) is 1.65. The van der Waals surface area contributed by atoms with Gasteiger partial charge in [0.15, 0.2) is 0 Å². The van der Waals surface area contributed by atoms with E-state index in [-0.39, 0.29) is 6.04 Å². The van der Waals surface area contributed by atoms with Gasteiger partial charge in [-0.3, -0.25) is 0 Å². The number of hydrogen-bond acceptors (Lipinski definition) is 3. The average Bonchev–Trinajstić information content (AvgIpc) is 2.27. The van der Waals surface area contributed by atoms with E-state index in [1.807, 2.05) is 12.1 Å². The van der Waals surface area contributed by atoms with Gasteiger partial charge in [-0.2, -0.15) is 0 Å². The van der Waals surface area contributed by atoms with Gasteiger partial charge in [0, 0.05) is 19.7 Å². The number of aliphatic hydroxyl groups is 1. The fourth-order valence-electron chi connectivity index (χ4n) is 1.75. The zero-order chi connectivity index (χ0) is 12.0. The van der Waals surface area contributed by atoms with Crippen molar-refractivity contribution in [2.45, 2.75) is 26.0 Å². The van der Waals surface area contributed by atoms with Crippen LogP contribution in [0.1, 0.15) is 24.1 Å². The van der Waals surface area contributed by atoms with Crippen molar-refractivity contribution in [3.63, 3.8) is 0 Å². The predicted molar refractivity (Wildman–Crippen MR) is 65.5 cm³/mol. The molecule has 0 saturated carbocycles. The van der Waals surface area contributed by atoms with Crippen LogP contribution in [0, 0.1) is 6.92 Å². The van der Waals surface area contributed by atoms with Gasteiger partial charge in [-0.05, 0) is 25.0 Å². The van der Waals surface area contributed by atoms with Gasteiger partial charge >= 0.3 is 0 Å². The van der Waals surface area contributed by atoms with Crippen molar-refractivity contribution < 1.29 is 9.84 Å². The number of ether oxygens (including phenoxy) is 1. The van der Waals surface area contributed by atoms with E-state index >= 15 is 0 Å². The highest BCUT2D eigenvalue weighted by Crippen LogP contribution is 2.16. The molecule has 0 fully saturated rings. The van der Waals surface area contributed by atoms with Gasteiger partial charge in [-0.1, -0.05) is 24.3 Å². The van der Waals surface area contributed by atoms with E-state index in [2.05, 4.69) is 31.3 Å². The molecule has 0 saturated heterocycles. The van der Waals surface area contributed by atoms with Crippen LogP contribution in [0.15, 0.2) is 24.3 Å². The number of rotatable bonds is 6. The largest absolute Gasteiger partial charge is 0.389 e. The summed E-state index contributed by atoms with van der Waals surface area (Å²) in [7, 11) is 1.59. The molecular formula is C13H21NO2. The second-order valence-electron chi connectivity index (χ2n) is 4.10. The Morgan fingerprint density at radius 3 is 2.69 bits per heavy atom. The Bertz CT molecular complexity index is 315. The Balaban J connectivity index is 2.46. The van der Waals surface area contributed by atoms with Gasteiger partial charge in [0.1, 0.15) is 0 Å². The van der Waals surface area contributed by atoms with Gasteiger partial charge in [-0.15, -0.1) is 0 Å². The minimum atomic E-state index is -0.448. The molecule has 0 aliphatic heterocycles. The van der Waals surface area contributed by atoms with Crippen LogP contribution >= 0.6 is 0 Å². The van der Waals surface area contributed by atoms with Crippen molar-refractivity contribution in [3.05, 3.63) is 35.4 Å². The van der Waals surface area contributed by atoms with Crippen LogP contribution in [0.2, 0.25) is 0 Å². The molecular weight excluding hydrogens is 202 g/mol. The number of methoxy groups -OCH3 is 1. The lowest BCUT2D eigenvalue weighted by atomic mass is 10.0. The highest BCUT2D eigenvalue weighted by atomic mass is 16.5. The van der Waals surface area contributed by atoms with Crippen LogP contribution in [0.3, 0.4) is 0 Å². The fourth-order valence-corrected chi connectivity index (χ4v) is 1.75. The van der Waals surface area contributed by atoms with E-state index in [4.69, 9.17) is 4.74 Å². The molecule has 2 N–H and O–H groups in total. The lowest BCUT2D eigenvalue weighted by Crippen LogP contribution is -2.32. The van der Waals surface area contributed by atoms with E-state index in [1.165, 1.54) is 11.1 Å². The van der Waals surface area contributed by atoms with Crippen molar-refractivity contribution in [2.75, 3.05) is 20.3 Å². The van der Waals surface area contributed by atoms with Crippen LogP contribution in [0.4, 0.5) is 0 Å². The number of aryl methyl sites for hydroxylation is 1. The van der Waals surface area contributed by atoms with E-state index in [0.29, 0.717) is 13.2 Å². The molecule has 0 amide bonds. The van der Waals surface area contributed by atoms with E-state index in [0.717, 1.165) is 0 Å². The van der Waals surface area contributed by atoms with Crippen LogP contribution in [-0.2, 0) is 4.74 Å². The third kappa shape index (κ3) is 3.93. The van der Waals surface area contributed by atoms with Gasteiger partial charge in [-0.25, -0.2) is 0 Å². The van der Waals surface area contributed by atoms with Crippen LogP contribution in [0.5, 0.6) is 0 Å². The molecule has 90 valence electrons. The normalized spacial score (nSPS) is 14.8. The summed E-state index contributed by atoms with van der Waals surface area (Å²) in [6.45, 7) is 5.11. The summed E-state index contributed by atoms with van der Waals surface area (Å²) in [5, 5.41) is 12.8. The highest BCUT2D eigenvalue weighted by molar-refractivity contribution is 5.28. The summed E-state index contributed by atoms with van der Waals surface area (Å²) in [4.78, 5) is 0. The van der Waals surface area contributed by atoms with Crippen molar-refractivity contribution in [1.82, 2.24) is 5.32 Å². The minimum Gasteiger partial charge on any atom is -0.389 e. The lowest BCUT2D eigenvalue weighted by molar-refractivity contribution is 0.0630. The lowest BCUT2D eigenvalue weighted by Gasteiger charge is -2.18. The molecule has 3 nitrogen and oxygen atoms in total. The zero-order valence-electron chi connectivity index (χ0n) is 10.2. The first-order chi connectivity index (χ1) is 7.65. The molecule has 16 heavy (non-hydrogen) atoms. The number of hydrogen-bond donors (Lipinski definition) is 2. The Hall–Kier alpha value is -0.900. The third-order valence-electron chi connectivity index (χ3n) is 2.67. The van der Waals surface area contributed by atoms with Crippen LogP contribution < -0.4 is 5.32 Å². The zero-order valence-corrected chi connectivity index (χ0v) is 10.2. The molecule has 0 spiro atoms. The van der Waals surface area contributed by atoms with E-state index < -0.39 is 6.10 Å². The summed E-state index contributed by atoms with van der Waals surface area (Å²) >= 11 is 0. The highest BCUT2D eigenvalue weighted by Gasteiger charge is 2.09. The van der Waals surface area contributed by atoms with Crippen LogP contribution in [0.25, 0.3) is 0 Å².